The molecular weight excluding hydrogens is 673 g/mol. The average molecular weight is 713 g/mol. The molecule has 5 aliphatic rings. The normalized spacial score (nSPS) is 25.6. The molecule has 12 heteroatoms. The molecule has 0 aromatic heterocycles. The van der Waals surface area contributed by atoms with Gasteiger partial charge in [0.2, 0.25) is 0 Å². The minimum Gasteiger partial charge on any atom is -0.160 e. The van der Waals surface area contributed by atoms with Crippen molar-refractivity contribution in [2.45, 2.75) is 42.0 Å². The predicted molar refractivity (Wildman–Crippen MR) is 199 cm³/mol. The molecule has 0 spiro atoms. The Hall–Kier alpha value is 4.20. The third kappa shape index (κ3) is 11.0. The molecule has 0 N–H and O–H groups in total. The Balaban J connectivity index is 1.17. The van der Waals surface area contributed by atoms with Crippen molar-refractivity contribution in [1.82, 2.24) is 0 Å². The van der Waals surface area contributed by atoms with Crippen LogP contribution in [0.1, 0.15) is 0 Å². The lowest BCUT2D eigenvalue weighted by Gasteiger charge is -2.35. The topological polar surface area (TPSA) is 0 Å². The zero-order valence-electron chi connectivity index (χ0n) is 20.8. The first kappa shape index (κ1) is 31.6. The van der Waals surface area contributed by atoms with Crippen molar-refractivity contribution in [3.63, 3.8) is 0 Å². The molecule has 36 heavy (non-hydrogen) atoms. The maximum absolute atomic E-state index is 2.45. The number of thioether (sulfide) groups is 12. The van der Waals surface area contributed by atoms with Gasteiger partial charge in [0.15, 0.2) is 0 Å². The molecule has 5 rings (SSSR count). The van der Waals surface area contributed by atoms with Crippen molar-refractivity contribution in [1.29, 1.82) is 0 Å². The van der Waals surface area contributed by atoms with Crippen LogP contribution in [0.5, 0.6) is 0 Å². The van der Waals surface area contributed by atoms with Gasteiger partial charge in [-0.25, -0.2) is 0 Å². The van der Waals surface area contributed by atoms with Gasteiger partial charge in [0.05, 0.1) is 0 Å². The van der Waals surface area contributed by atoms with Crippen molar-refractivity contribution >= 4 is 141 Å². The van der Waals surface area contributed by atoms with E-state index < -0.39 is 0 Å². The van der Waals surface area contributed by atoms with E-state index in [2.05, 4.69) is 141 Å². The molecule has 5 saturated heterocycles. The summed E-state index contributed by atoms with van der Waals surface area (Å²) in [6, 6.07) is 0. The fourth-order valence-electron chi connectivity index (χ4n) is 3.79. The first-order chi connectivity index (χ1) is 17.8. The van der Waals surface area contributed by atoms with Crippen molar-refractivity contribution < 1.29 is 0 Å². The van der Waals surface area contributed by atoms with E-state index in [-0.39, 0.29) is 0 Å². The standard InChI is InChI=1S/C24H40S12/c1(30-17-3-25-4-17)2-31-23(15-34-20-9-28-10-20)24(16-35-21-11-29-12-21)36-22(13-32-18-5-26-6-18)14-33-19-7-27-8-19/h17-24H,1-16H2. The first-order valence-corrected chi connectivity index (χ1v) is 26.1. The van der Waals surface area contributed by atoms with Gasteiger partial charge in [0.1, 0.15) is 0 Å². The highest BCUT2D eigenvalue weighted by Gasteiger charge is 2.32. The second-order valence-electron chi connectivity index (χ2n) is 9.71. The van der Waals surface area contributed by atoms with Crippen LogP contribution in [0.2, 0.25) is 0 Å². The SMILES string of the molecule is C(CSC(CSC1CSC1)C(CSC1CSC1)SC(CSC1CSC1)CSC1CSC1)SC1CSC1. The van der Waals surface area contributed by atoms with E-state index in [1.165, 1.54) is 92.0 Å². The maximum atomic E-state index is 2.45. The number of hydrogen-bond donors (Lipinski definition) is 0. The van der Waals surface area contributed by atoms with Gasteiger partial charge in [-0.2, -0.15) is 141 Å². The number of rotatable bonds is 20. The summed E-state index contributed by atoms with van der Waals surface area (Å²) in [6.07, 6.45) is 0. The van der Waals surface area contributed by atoms with Gasteiger partial charge in [-0.15, -0.1) is 0 Å². The molecule has 0 radical (unpaired) electrons. The smallest absolute Gasteiger partial charge is 0.0268 e. The van der Waals surface area contributed by atoms with Gasteiger partial charge >= 0.3 is 0 Å². The van der Waals surface area contributed by atoms with E-state index in [4.69, 9.17) is 0 Å². The van der Waals surface area contributed by atoms with Crippen molar-refractivity contribution in [2.24, 2.45) is 0 Å². The molecule has 0 aromatic carbocycles. The summed E-state index contributed by atoms with van der Waals surface area (Å²) in [4.78, 5) is 0. The van der Waals surface area contributed by atoms with Crippen LogP contribution in [-0.2, 0) is 0 Å². The van der Waals surface area contributed by atoms with Gasteiger partial charge < -0.3 is 0 Å². The summed E-state index contributed by atoms with van der Waals surface area (Å²) in [5.74, 6) is 22.3. The lowest BCUT2D eigenvalue weighted by Crippen LogP contribution is -2.34. The second kappa shape index (κ2) is 18.1. The Kier molecular flexibility index (Phi) is 15.9. The molecule has 0 nitrogen and oxygen atoms in total. The molecule has 5 fully saturated rings. The summed E-state index contributed by atoms with van der Waals surface area (Å²) >= 11 is 27.1. The quantitative estimate of drug-likeness (QED) is 0.113. The van der Waals surface area contributed by atoms with Crippen LogP contribution in [0.3, 0.4) is 0 Å². The van der Waals surface area contributed by atoms with Gasteiger partial charge in [0.25, 0.3) is 0 Å². The van der Waals surface area contributed by atoms with E-state index in [1.54, 1.807) is 0 Å². The Morgan fingerprint density at radius 1 is 0.444 bits per heavy atom. The van der Waals surface area contributed by atoms with Gasteiger partial charge in [-0.3, -0.25) is 0 Å². The fraction of sp³-hybridized carbons (Fsp3) is 1.00. The maximum Gasteiger partial charge on any atom is 0.0268 e. The minimum absolute atomic E-state index is 0.827. The Morgan fingerprint density at radius 3 is 1.25 bits per heavy atom. The third-order valence-electron chi connectivity index (χ3n) is 6.62. The van der Waals surface area contributed by atoms with Crippen LogP contribution >= 0.6 is 141 Å². The third-order valence-corrected chi connectivity index (χ3v) is 26.1. The number of hydrogen-bond acceptors (Lipinski definition) is 12. The molecule has 2 unspecified atom stereocenters. The lowest BCUT2D eigenvalue weighted by atomic mass is 10.3. The fourth-order valence-corrected chi connectivity index (χ4v) is 20.8. The largest absolute Gasteiger partial charge is 0.160 e. The summed E-state index contributed by atoms with van der Waals surface area (Å²) in [5.41, 5.74) is 0. The molecule has 0 bridgehead atoms. The van der Waals surface area contributed by atoms with Crippen LogP contribution in [0.25, 0.3) is 0 Å². The van der Waals surface area contributed by atoms with Crippen molar-refractivity contribution in [3.8, 4) is 0 Å². The lowest BCUT2D eigenvalue weighted by molar-refractivity contribution is 0.925. The van der Waals surface area contributed by atoms with Crippen molar-refractivity contribution in [2.75, 3.05) is 92.0 Å². The summed E-state index contributed by atoms with van der Waals surface area (Å²) in [6.45, 7) is 0. The van der Waals surface area contributed by atoms with Crippen LogP contribution in [0, 0.1) is 0 Å². The first-order valence-electron chi connectivity index (χ1n) is 13.1. The average Bonchev–Trinajstić information content (AvgIpc) is 2.71. The second-order valence-corrected chi connectivity index (χ2v) is 24.7. The summed E-state index contributed by atoms with van der Waals surface area (Å²) in [5, 5.41) is 7.22. The summed E-state index contributed by atoms with van der Waals surface area (Å²) in [7, 11) is 0. The molecular formula is C24H40S12. The Bertz CT molecular complexity index is 588. The highest BCUT2D eigenvalue weighted by molar-refractivity contribution is 8.12. The zero-order chi connectivity index (χ0) is 24.4. The highest BCUT2D eigenvalue weighted by atomic mass is 32.2. The molecule has 5 aliphatic heterocycles. The molecule has 5 heterocycles. The van der Waals surface area contributed by atoms with E-state index in [0.29, 0.717) is 0 Å². The summed E-state index contributed by atoms with van der Waals surface area (Å²) < 4.78 is 0. The Labute approximate surface area is 272 Å². The van der Waals surface area contributed by atoms with E-state index in [0.717, 1.165) is 42.0 Å². The van der Waals surface area contributed by atoms with Crippen molar-refractivity contribution in [3.05, 3.63) is 0 Å². The Morgan fingerprint density at radius 2 is 0.833 bits per heavy atom. The minimum atomic E-state index is 0.827. The van der Waals surface area contributed by atoms with E-state index in [1.807, 2.05) is 0 Å². The van der Waals surface area contributed by atoms with Gasteiger partial charge in [-0.05, 0) is 0 Å². The monoisotopic (exact) mass is 712 g/mol. The molecule has 0 aliphatic carbocycles. The molecule has 0 aromatic rings. The predicted octanol–water partition coefficient (Wildman–Crippen LogP) is 7.80. The van der Waals surface area contributed by atoms with E-state index in [9.17, 15) is 0 Å². The molecule has 2 atom stereocenters. The molecule has 0 amide bonds. The van der Waals surface area contributed by atoms with E-state index >= 15 is 0 Å². The zero-order valence-corrected chi connectivity index (χ0v) is 30.6. The van der Waals surface area contributed by atoms with Crippen LogP contribution in [-0.4, -0.2) is 134 Å². The van der Waals surface area contributed by atoms with Gasteiger partial charge in [0, 0.05) is 134 Å². The van der Waals surface area contributed by atoms with Crippen LogP contribution in [0.4, 0.5) is 0 Å². The molecule has 208 valence electrons. The highest BCUT2D eigenvalue weighted by Crippen LogP contribution is 2.42. The van der Waals surface area contributed by atoms with Gasteiger partial charge in [-0.1, -0.05) is 0 Å². The van der Waals surface area contributed by atoms with Crippen LogP contribution < -0.4 is 0 Å². The van der Waals surface area contributed by atoms with Crippen LogP contribution in [0.15, 0.2) is 0 Å². The molecule has 0 saturated carbocycles.